The first-order valence-corrected chi connectivity index (χ1v) is 9.20. The van der Waals surface area contributed by atoms with Crippen LogP contribution in [0.4, 0.5) is 0 Å². The predicted octanol–water partition coefficient (Wildman–Crippen LogP) is 0.704. The zero-order valence-corrected chi connectivity index (χ0v) is 14.2. The highest BCUT2D eigenvalue weighted by Gasteiger charge is 2.38. The number of sulfonamides is 1. The molecule has 130 valence electrons. The summed E-state index contributed by atoms with van der Waals surface area (Å²) in [6.07, 6.45) is -0.868. The molecule has 0 radical (unpaired) electrons. The molecule has 0 saturated carbocycles. The molecular formula is C16H16BNO6S. The minimum atomic E-state index is -3.86. The van der Waals surface area contributed by atoms with Gasteiger partial charge in [0.15, 0.2) is 0 Å². The second-order valence-corrected chi connectivity index (χ2v) is 7.39. The van der Waals surface area contributed by atoms with Crippen molar-refractivity contribution in [2.45, 2.75) is 13.0 Å². The summed E-state index contributed by atoms with van der Waals surface area (Å²) in [7, 11) is -5.11. The van der Waals surface area contributed by atoms with Crippen molar-refractivity contribution in [1.82, 2.24) is 4.72 Å². The van der Waals surface area contributed by atoms with Gasteiger partial charge in [-0.3, -0.25) is 9.52 Å². The lowest BCUT2D eigenvalue weighted by atomic mass is 9.79. The maximum atomic E-state index is 11.9. The molecule has 9 heteroatoms. The first-order valence-electron chi connectivity index (χ1n) is 7.55. The van der Waals surface area contributed by atoms with Crippen LogP contribution in [0.1, 0.15) is 18.6 Å². The van der Waals surface area contributed by atoms with E-state index in [0.29, 0.717) is 22.5 Å². The van der Waals surface area contributed by atoms with Crippen LogP contribution < -0.4 is 14.9 Å². The maximum Gasteiger partial charge on any atom is 0.492 e. The largest absolute Gasteiger partial charge is 0.492 e. The van der Waals surface area contributed by atoms with Crippen LogP contribution >= 0.6 is 0 Å². The lowest BCUT2D eigenvalue weighted by Gasteiger charge is -2.13. The van der Waals surface area contributed by atoms with Gasteiger partial charge in [-0.2, -0.15) is 0 Å². The number of rotatable bonds is 5. The van der Waals surface area contributed by atoms with Gasteiger partial charge in [0, 0.05) is 6.92 Å². The molecule has 0 spiro atoms. The third-order valence-corrected chi connectivity index (χ3v) is 4.95. The molecule has 1 atom stereocenters. The van der Waals surface area contributed by atoms with Crippen molar-refractivity contribution in [3.05, 3.63) is 54.1 Å². The third kappa shape index (κ3) is 4.19. The molecule has 0 bridgehead atoms. The number of hydrogen-bond acceptors (Lipinski definition) is 6. The molecular weight excluding hydrogens is 345 g/mol. The molecule has 1 aliphatic rings. The van der Waals surface area contributed by atoms with E-state index in [4.69, 9.17) is 9.39 Å². The van der Waals surface area contributed by atoms with E-state index in [9.17, 15) is 18.2 Å². The number of carbonyl (C=O) groups is 1. The van der Waals surface area contributed by atoms with E-state index < -0.39 is 34.9 Å². The van der Waals surface area contributed by atoms with E-state index in [1.54, 1.807) is 30.3 Å². The third-order valence-electron chi connectivity index (χ3n) is 3.61. The number of nitrogens with one attached hydrogen (secondary N) is 1. The van der Waals surface area contributed by atoms with Crippen LogP contribution in [0, 0.1) is 0 Å². The molecule has 0 aliphatic carbocycles. The second-order valence-electron chi connectivity index (χ2n) is 5.62. The van der Waals surface area contributed by atoms with Gasteiger partial charge >= 0.3 is 7.12 Å². The van der Waals surface area contributed by atoms with Crippen molar-refractivity contribution in [2.75, 3.05) is 5.75 Å². The Kier molecular flexibility index (Phi) is 4.80. The van der Waals surface area contributed by atoms with Crippen LogP contribution in [0.2, 0.25) is 0 Å². The van der Waals surface area contributed by atoms with Gasteiger partial charge in [-0.05, 0) is 35.3 Å². The van der Waals surface area contributed by atoms with Crippen molar-refractivity contribution in [2.24, 2.45) is 0 Å². The van der Waals surface area contributed by atoms with E-state index in [1.807, 2.05) is 22.9 Å². The van der Waals surface area contributed by atoms with Gasteiger partial charge in [0.1, 0.15) is 11.5 Å². The molecule has 1 amide bonds. The Bertz CT molecular complexity index is 887. The Balaban J connectivity index is 1.81. The smallest absolute Gasteiger partial charge is 0.457 e. The van der Waals surface area contributed by atoms with Crippen molar-refractivity contribution in [3.8, 4) is 11.5 Å². The first kappa shape index (κ1) is 17.5. The molecule has 1 heterocycles. The van der Waals surface area contributed by atoms with Crippen molar-refractivity contribution in [3.63, 3.8) is 0 Å². The Morgan fingerprint density at radius 2 is 1.96 bits per heavy atom. The van der Waals surface area contributed by atoms with Crippen LogP contribution in [0.15, 0.2) is 48.5 Å². The van der Waals surface area contributed by atoms with E-state index in [2.05, 4.69) is 0 Å². The van der Waals surface area contributed by atoms with E-state index >= 15 is 0 Å². The van der Waals surface area contributed by atoms with Gasteiger partial charge in [0.05, 0.1) is 11.9 Å². The fraction of sp³-hybridized carbons (Fsp3) is 0.188. The molecule has 0 fully saturated rings. The maximum absolute atomic E-state index is 11.9. The Morgan fingerprint density at radius 1 is 1.24 bits per heavy atom. The Hall–Kier alpha value is -2.36. The summed E-state index contributed by atoms with van der Waals surface area (Å²) >= 11 is 0. The molecule has 1 unspecified atom stereocenters. The number of hydrogen-bond donors (Lipinski definition) is 2. The summed E-state index contributed by atoms with van der Waals surface area (Å²) in [5, 5.41) is 10.1. The van der Waals surface area contributed by atoms with Gasteiger partial charge < -0.3 is 14.4 Å². The van der Waals surface area contributed by atoms with Crippen LogP contribution in [0.5, 0.6) is 11.5 Å². The fourth-order valence-corrected chi connectivity index (χ4v) is 3.82. The highest BCUT2D eigenvalue weighted by Crippen LogP contribution is 2.28. The molecule has 25 heavy (non-hydrogen) atoms. The fourth-order valence-electron chi connectivity index (χ4n) is 2.64. The van der Waals surface area contributed by atoms with Gasteiger partial charge in [-0.1, -0.05) is 24.3 Å². The molecule has 2 aromatic carbocycles. The summed E-state index contributed by atoms with van der Waals surface area (Å²) in [5.41, 5.74) is 0.985. The number of fused-ring (bicyclic) bond motifs is 1. The molecule has 3 rings (SSSR count). The number of para-hydroxylation sites is 1. The lowest BCUT2D eigenvalue weighted by Crippen LogP contribution is -2.33. The normalized spacial score (nSPS) is 16.4. The van der Waals surface area contributed by atoms with Crippen molar-refractivity contribution in [1.29, 1.82) is 0 Å². The molecule has 1 aliphatic heterocycles. The van der Waals surface area contributed by atoms with Crippen molar-refractivity contribution < 1.29 is 27.6 Å². The van der Waals surface area contributed by atoms with Crippen LogP contribution in [0.25, 0.3) is 0 Å². The zero-order valence-electron chi connectivity index (χ0n) is 13.4. The number of ether oxygens (including phenoxy) is 1. The molecule has 0 saturated heterocycles. The summed E-state index contributed by atoms with van der Waals surface area (Å²) in [6.45, 7) is 1.11. The molecule has 2 aromatic rings. The summed E-state index contributed by atoms with van der Waals surface area (Å²) in [6, 6.07) is 14.1. The van der Waals surface area contributed by atoms with Gasteiger partial charge in [-0.25, -0.2) is 8.42 Å². The minimum Gasteiger partial charge on any atom is -0.457 e. The average Bonchev–Trinajstić information content (AvgIpc) is 2.82. The van der Waals surface area contributed by atoms with E-state index in [-0.39, 0.29) is 0 Å². The quantitative estimate of drug-likeness (QED) is 0.761. The zero-order chi connectivity index (χ0) is 18.0. The van der Waals surface area contributed by atoms with Gasteiger partial charge in [0.25, 0.3) is 0 Å². The standard InChI is InChI=1S/C16H16BNO6S/c1-11(19)18-25(21,22)10-16-14-8-7-13(9-15(14)17(20)24-16)23-12-5-3-2-4-6-12/h2-9,16,20H,10H2,1H3,(H,18,19). The van der Waals surface area contributed by atoms with Gasteiger partial charge in [0.2, 0.25) is 15.9 Å². The molecule has 7 nitrogen and oxygen atoms in total. The van der Waals surface area contributed by atoms with E-state index in [1.165, 1.54) is 0 Å². The highest BCUT2D eigenvalue weighted by molar-refractivity contribution is 7.90. The predicted molar refractivity (Wildman–Crippen MR) is 92.0 cm³/mol. The van der Waals surface area contributed by atoms with Crippen LogP contribution in [-0.4, -0.2) is 32.2 Å². The summed E-state index contributed by atoms with van der Waals surface area (Å²) in [4.78, 5) is 11.0. The summed E-state index contributed by atoms with van der Waals surface area (Å²) in [5.74, 6) is -0.000744. The summed E-state index contributed by atoms with van der Waals surface area (Å²) < 4.78 is 36.7. The monoisotopic (exact) mass is 361 g/mol. The minimum absolute atomic E-state index is 0.441. The SMILES string of the molecule is CC(=O)NS(=O)(=O)CC1OB(O)c2cc(Oc3ccccc3)ccc21. The van der Waals surface area contributed by atoms with Crippen LogP contribution in [-0.2, 0) is 19.5 Å². The van der Waals surface area contributed by atoms with Crippen LogP contribution in [0.3, 0.4) is 0 Å². The lowest BCUT2D eigenvalue weighted by molar-refractivity contribution is -0.117. The number of benzene rings is 2. The topological polar surface area (TPSA) is 102 Å². The molecule has 0 aromatic heterocycles. The second kappa shape index (κ2) is 6.87. The molecule has 2 N–H and O–H groups in total. The van der Waals surface area contributed by atoms with Crippen molar-refractivity contribution >= 4 is 28.5 Å². The number of carbonyl (C=O) groups excluding carboxylic acids is 1. The Labute approximate surface area is 145 Å². The van der Waals surface area contributed by atoms with E-state index in [0.717, 1.165) is 6.92 Å². The van der Waals surface area contributed by atoms with Gasteiger partial charge in [-0.15, -0.1) is 0 Å². The average molecular weight is 361 g/mol. The Morgan fingerprint density at radius 3 is 2.64 bits per heavy atom. The first-order chi connectivity index (χ1) is 11.8. The highest BCUT2D eigenvalue weighted by atomic mass is 32.2. The number of amides is 1.